The van der Waals surface area contributed by atoms with Gasteiger partial charge in [0.2, 0.25) is 5.95 Å². The van der Waals surface area contributed by atoms with E-state index >= 15 is 0 Å². The van der Waals surface area contributed by atoms with Gasteiger partial charge in [-0.2, -0.15) is 0 Å². The van der Waals surface area contributed by atoms with Crippen molar-refractivity contribution >= 4 is 23.1 Å². The molecule has 0 saturated carbocycles. The Labute approximate surface area is 74.8 Å². The summed E-state index contributed by atoms with van der Waals surface area (Å²) in [5.74, 6) is 0.429. The summed E-state index contributed by atoms with van der Waals surface area (Å²) in [5.41, 5.74) is 7.59. The normalized spacial score (nSPS) is 10.8. The minimum atomic E-state index is 0.429. The fourth-order valence-electron chi connectivity index (χ4n) is 1.18. The molecule has 2 aromatic rings. The summed E-state index contributed by atoms with van der Waals surface area (Å²) in [4.78, 5) is 3.94. The van der Waals surface area contributed by atoms with Gasteiger partial charge in [0.1, 0.15) is 0 Å². The Balaban J connectivity index is 2.90. The number of nitrogens with zero attached hydrogens (tertiary/aromatic N) is 2. The molecule has 0 aromatic carbocycles. The van der Waals surface area contributed by atoms with E-state index in [1.807, 2.05) is 25.3 Å². The predicted molar refractivity (Wildman–Crippen MR) is 49.4 cm³/mol. The minimum Gasteiger partial charge on any atom is -0.369 e. The summed E-state index contributed by atoms with van der Waals surface area (Å²) < 4.78 is 1.78. The van der Waals surface area contributed by atoms with E-state index in [0.717, 1.165) is 11.1 Å². The predicted octanol–water partition coefficient (Wildman–Crippen LogP) is 1.88. The Kier molecular flexibility index (Phi) is 1.48. The van der Waals surface area contributed by atoms with Crippen LogP contribution in [-0.4, -0.2) is 9.38 Å². The zero-order chi connectivity index (χ0) is 8.72. The van der Waals surface area contributed by atoms with E-state index in [4.69, 9.17) is 17.3 Å². The maximum absolute atomic E-state index is 5.82. The number of aryl methyl sites for hydroxylation is 1. The van der Waals surface area contributed by atoms with Gasteiger partial charge in [0, 0.05) is 6.20 Å². The quantitative estimate of drug-likeness (QED) is 0.675. The van der Waals surface area contributed by atoms with E-state index in [1.54, 1.807) is 4.40 Å². The van der Waals surface area contributed by atoms with Crippen LogP contribution in [0, 0.1) is 6.92 Å². The molecule has 3 nitrogen and oxygen atoms in total. The molecule has 0 aliphatic heterocycles. The highest BCUT2D eigenvalue weighted by Crippen LogP contribution is 2.19. The molecular formula is C8H8ClN3. The fraction of sp³-hybridized carbons (Fsp3) is 0.125. The topological polar surface area (TPSA) is 43.3 Å². The Morgan fingerprint density at radius 2 is 2.25 bits per heavy atom. The van der Waals surface area contributed by atoms with Gasteiger partial charge in [-0.25, -0.2) is 4.98 Å². The largest absolute Gasteiger partial charge is 0.369 e. The number of fused-ring (bicyclic) bond motifs is 1. The van der Waals surface area contributed by atoms with Crippen molar-refractivity contribution in [3.63, 3.8) is 0 Å². The first-order valence-electron chi connectivity index (χ1n) is 3.58. The molecule has 0 amide bonds. The average molecular weight is 182 g/mol. The van der Waals surface area contributed by atoms with Crippen LogP contribution in [-0.2, 0) is 0 Å². The Morgan fingerprint density at radius 3 is 3.00 bits per heavy atom. The van der Waals surface area contributed by atoms with Crippen molar-refractivity contribution in [2.75, 3.05) is 5.73 Å². The first-order valence-corrected chi connectivity index (χ1v) is 3.96. The van der Waals surface area contributed by atoms with Crippen LogP contribution >= 0.6 is 11.6 Å². The second-order valence-electron chi connectivity index (χ2n) is 2.72. The van der Waals surface area contributed by atoms with Crippen LogP contribution in [0.3, 0.4) is 0 Å². The van der Waals surface area contributed by atoms with Crippen LogP contribution in [0.4, 0.5) is 5.95 Å². The maximum Gasteiger partial charge on any atom is 0.206 e. The smallest absolute Gasteiger partial charge is 0.206 e. The van der Waals surface area contributed by atoms with E-state index in [0.29, 0.717) is 11.1 Å². The van der Waals surface area contributed by atoms with Crippen LogP contribution in [0.25, 0.3) is 5.52 Å². The third-order valence-corrected chi connectivity index (χ3v) is 2.05. The van der Waals surface area contributed by atoms with Gasteiger partial charge in [-0.15, -0.1) is 0 Å². The van der Waals surface area contributed by atoms with E-state index < -0.39 is 0 Å². The number of hydrogen-bond acceptors (Lipinski definition) is 2. The number of pyridine rings is 1. The summed E-state index contributed by atoms with van der Waals surface area (Å²) in [6.07, 6.45) is 1.91. The number of imidazole rings is 1. The van der Waals surface area contributed by atoms with Gasteiger partial charge in [-0.3, -0.25) is 4.40 Å². The highest BCUT2D eigenvalue weighted by molar-refractivity contribution is 6.32. The molecule has 0 spiro atoms. The molecule has 0 aliphatic rings. The molecule has 2 aromatic heterocycles. The third kappa shape index (κ3) is 0.940. The van der Waals surface area contributed by atoms with Crippen LogP contribution in [0.1, 0.15) is 5.56 Å². The Morgan fingerprint density at radius 1 is 1.50 bits per heavy atom. The Hall–Kier alpha value is -1.22. The first-order chi connectivity index (χ1) is 5.68. The van der Waals surface area contributed by atoms with Gasteiger partial charge < -0.3 is 5.73 Å². The molecule has 0 atom stereocenters. The summed E-state index contributed by atoms with van der Waals surface area (Å²) in [6, 6.07) is 3.88. The zero-order valence-corrected chi connectivity index (χ0v) is 7.34. The van der Waals surface area contributed by atoms with Crippen LogP contribution in [0.15, 0.2) is 18.3 Å². The van der Waals surface area contributed by atoms with Crippen molar-refractivity contribution in [2.45, 2.75) is 6.92 Å². The Bertz CT molecular complexity index is 433. The van der Waals surface area contributed by atoms with E-state index in [2.05, 4.69) is 4.98 Å². The molecule has 0 bridgehead atoms. The van der Waals surface area contributed by atoms with Gasteiger partial charge in [-0.1, -0.05) is 17.7 Å². The summed E-state index contributed by atoms with van der Waals surface area (Å²) in [5, 5.41) is 0.451. The summed E-state index contributed by atoms with van der Waals surface area (Å²) in [6.45, 7) is 1.99. The van der Waals surface area contributed by atoms with Crippen LogP contribution in [0.5, 0.6) is 0 Å². The SMILES string of the molecule is Cc1ccc2c(Cl)nc(N)n2c1. The molecule has 0 radical (unpaired) electrons. The number of aromatic nitrogens is 2. The van der Waals surface area contributed by atoms with Gasteiger partial charge in [0.15, 0.2) is 5.15 Å². The lowest BCUT2D eigenvalue weighted by atomic mass is 10.3. The van der Waals surface area contributed by atoms with Crippen molar-refractivity contribution in [1.29, 1.82) is 0 Å². The first kappa shape index (κ1) is 7.43. The molecule has 2 N–H and O–H groups in total. The molecule has 62 valence electrons. The van der Waals surface area contributed by atoms with Crippen LogP contribution < -0.4 is 5.73 Å². The molecular weight excluding hydrogens is 174 g/mol. The van der Waals surface area contributed by atoms with Crippen molar-refractivity contribution in [3.8, 4) is 0 Å². The van der Waals surface area contributed by atoms with Crippen LogP contribution in [0.2, 0.25) is 5.15 Å². The minimum absolute atomic E-state index is 0.429. The van der Waals surface area contributed by atoms with Gasteiger partial charge in [0.25, 0.3) is 0 Å². The molecule has 0 fully saturated rings. The monoisotopic (exact) mass is 181 g/mol. The van der Waals surface area contributed by atoms with Crippen molar-refractivity contribution in [2.24, 2.45) is 0 Å². The second-order valence-corrected chi connectivity index (χ2v) is 3.08. The lowest BCUT2D eigenvalue weighted by molar-refractivity contribution is 1.15. The van der Waals surface area contributed by atoms with Gasteiger partial charge >= 0.3 is 0 Å². The zero-order valence-electron chi connectivity index (χ0n) is 6.58. The van der Waals surface area contributed by atoms with Crippen molar-refractivity contribution in [1.82, 2.24) is 9.38 Å². The van der Waals surface area contributed by atoms with E-state index in [1.165, 1.54) is 0 Å². The average Bonchev–Trinajstić information content (AvgIpc) is 2.28. The van der Waals surface area contributed by atoms with Crippen molar-refractivity contribution in [3.05, 3.63) is 29.0 Å². The number of nitrogen functional groups attached to an aromatic ring is 1. The number of hydrogen-bond donors (Lipinski definition) is 1. The van der Waals surface area contributed by atoms with Gasteiger partial charge in [0.05, 0.1) is 5.52 Å². The fourth-order valence-corrected chi connectivity index (χ4v) is 1.42. The molecule has 2 heterocycles. The molecule has 12 heavy (non-hydrogen) atoms. The molecule has 0 aliphatic carbocycles. The third-order valence-electron chi connectivity index (χ3n) is 1.77. The molecule has 2 rings (SSSR count). The van der Waals surface area contributed by atoms with Crippen molar-refractivity contribution < 1.29 is 0 Å². The lowest BCUT2D eigenvalue weighted by Crippen LogP contribution is -1.93. The molecule has 4 heteroatoms. The van der Waals surface area contributed by atoms with E-state index in [9.17, 15) is 0 Å². The number of rotatable bonds is 0. The highest BCUT2D eigenvalue weighted by atomic mass is 35.5. The standard InChI is InChI=1S/C8H8ClN3/c1-5-2-3-6-7(9)11-8(10)12(6)4-5/h2-4H,1H3,(H2,10,11). The number of nitrogens with two attached hydrogens (primary N) is 1. The molecule has 0 saturated heterocycles. The number of anilines is 1. The lowest BCUT2D eigenvalue weighted by Gasteiger charge is -1.96. The number of halogens is 1. The summed E-state index contributed by atoms with van der Waals surface area (Å²) >= 11 is 5.82. The van der Waals surface area contributed by atoms with Gasteiger partial charge in [-0.05, 0) is 18.6 Å². The maximum atomic E-state index is 5.82. The molecule has 0 unspecified atom stereocenters. The summed E-state index contributed by atoms with van der Waals surface area (Å²) in [7, 11) is 0. The second kappa shape index (κ2) is 2.38. The van der Waals surface area contributed by atoms with E-state index in [-0.39, 0.29) is 0 Å². The highest BCUT2D eigenvalue weighted by Gasteiger charge is 2.04.